The molecule has 2 aromatic heterocycles. The van der Waals surface area contributed by atoms with Crippen LogP contribution in [0, 0.1) is 20.8 Å². The first-order valence-electron chi connectivity index (χ1n) is 5.09. The second-order valence-corrected chi connectivity index (χ2v) is 3.97. The van der Waals surface area contributed by atoms with E-state index in [2.05, 4.69) is 24.3 Å². The van der Waals surface area contributed by atoms with Crippen LogP contribution in [0.5, 0.6) is 0 Å². The molecule has 86 valence electrons. The molecule has 2 heterocycles. The minimum absolute atomic E-state index is 0.432. The van der Waals surface area contributed by atoms with Crippen molar-refractivity contribution >= 4 is 20.3 Å². The number of ether oxygens (including phenoxy) is 1. The van der Waals surface area contributed by atoms with Gasteiger partial charge < -0.3 is 4.74 Å². The summed E-state index contributed by atoms with van der Waals surface area (Å²) in [5.41, 5.74) is 3.73. The normalized spacial score (nSPS) is 11.2. The van der Waals surface area contributed by atoms with E-state index in [4.69, 9.17) is 4.74 Å². The summed E-state index contributed by atoms with van der Waals surface area (Å²) in [5, 5.41) is 4.41. The van der Waals surface area contributed by atoms with Crippen LogP contribution in [0.15, 0.2) is 0 Å². The molecule has 0 aliphatic carbocycles. The second kappa shape index (κ2) is 4.44. The standard InChI is InChI=1S/C10H15N4OP/c1-6-9-10(7(2)11-8(3)12-9)14(13-6)4-15-5-16/h4-5,16H2,1-3H3. The molecule has 16 heavy (non-hydrogen) atoms. The fourth-order valence-corrected chi connectivity index (χ4v) is 1.88. The third kappa shape index (κ3) is 1.93. The van der Waals surface area contributed by atoms with Gasteiger partial charge in [0.15, 0.2) is 0 Å². The summed E-state index contributed by atoms with van der Waals surface area (Å²) in [4.78, 5) is 8.76. The fourth-order valence-electron chi connectivity index (χ4n) is 1.78. The Labute approximate surface area is 96.4 Å². The van der Waals surface area contributed by atoms with E-state index in [1.807, 2.05) is 25.5 Å². The Morgan fingerprint density at radius 1 is 1.19 bits per heavy atom. The average molecular weight is 238 g/mol. The highest BCUT2D eigenvalue weighted by atomic mass is 31.0. The number of hydrogen-bond acceptors (Lipinski definition) is 4. The molecular formula is C10H15N4OP. The number of rotatable bonds is 3. The molecule has 2 rings (SSSR count). The maximum atomic E-state index is 5.33. The van der Waals surface area contributed by atoms with Gasteiger partial charge in [0.2, 0.25) is 0 Å². The highest BCUT2D eigenvalue weighted by Gasteiger charge is 2.12. The van der Waals surface area contributed by atoms with E-state index < -0.39 is 0 Å². The van der Waals surface area contributed by atoms with Crippen molar-refractivity contribution in [2.45, 2.75) is 27.5 Å². The predicted octanol–water partition coefficient (Wildman–Crippen LogP) is 1.56. The molecule has 0 spiro atoms. The van der Waals surface area contributed by atoms with E-state index >= 15 is 0 Å². The van der Waals surface area contributed by atoms with Gasteiger partial charge in [-0.15, -0.1) is 9.24 Å². The van der Waals surface area contributed by atoms with Crippen LogP contribution in [0.25, 0.3) is 11.0 Å². The molecule has 0 amide bonds. The van der Waals surface area contributed by atoms with Gasteiger partial charge in [-0.1, -0.05) is 0 Å². The van der Waals surface area contributed by atoms with Gasteiger partial charge in [0.05, 0.1) is 17.7 Å². The monoisotopic (exact) mass is 238 g/mol. The van der Waals surface area contributed by atoms with Crippen LogP contribution in [-0.4, -0.2) is 26.1 Å². The van der Waals surface area contributed by atoms with E-state index in [0.717, 1.165) is 28.2 Å². The molecule has 0 saturated heterocycles. The highest BCUT2D eigenvalue weighted by Crippen LogP contribution is 2.18. The number of aryl methyl sites for hydroxylation is 3. The van der Waals surface area contributed by atoms with Gasteiger partial charge in [-0.25, -0.2) is 14.6 Å². The maximum absolute atomic E-state index is 5.33. The molecule has 0 aromatic carbocycles. The zero-order valence-electron chi connectivity index (χ0n) is 9.69. The van der Waals surface area contributed by atoms with Gasteiger partial charge in [-0.2, -0.15) is 5.10 Å². The van der Waals surface area contributed by atoms with Gasteiger partial charge in [0.25, 0.3) is 0 Å². The van der Waals surface area contributed by atoms with Gasteiger partial charge in [-0.05, 0) is 20.8 Å². The summed E-state index contributed by atoms with van der Waals surface area (Å²) in [7, 11) is 2.52. The quantitative estimate of drug-likeness (QED) is 0.761. The van der Waals surface area contributed by atoms with Crippen molar-refractivity contribution in [3.05, 3.63) is 17.2 Å². The van der Waals surface area contributed by atoms with Crippen LogP contribution in [-0.2, 0) is 11.5 Å². The molecule has 0 aliphatic heterocycles. The lowest BCUT2D eigenvalue weighted by Gasteiger charge is -2.04. The summed E-state index contributed by atoms with van der Waals surface area (Å²) in [6, 6.07) is 0. The molecule has 0 saturated carbocycles. The molecule has 0 fully saturated rings. The van der Waals surface area contributed by atoms with Crippen LogP contribution in [0.2, 0.25) is 0 Å². The Balaban J connectivity index is 2.59. The molecule has 0 radical (unpaired) electrons. The molecule has 6 heteroatoms. The van der Waals surface area contributed by atoms with Crippen LogP contribution in [0.4, 0.5) is 0 Å². The Bertz CT molecular complexity index is 523. The average Bonchev–Trinajstić information content (AvgIpc) is 2.53. The van der Waals surface area contributed by atoms with Crippen LogP contribution in [0.1, 0.15) is 17.2 Å². The van der Waals surface area contributed by atoms with Crippen molar-refractivity contribution in [3.8, 4) is 0 Å². The third-order valence-electron chi connectivity index (χ3n) is 2.37. The molecule has 5 nitrogen and oxygen atoms in total. The fraction of sp³-hybridized carbons (Fsp3) is 0.500. The van der Waals surface area contributed by atoms with Gasteiger partial charge in [0.1, 0.15) is 23.6 Å². The predicted molar refractivity (Wildman–Crippen MR) is 65.2 cm³/mol. The summed E-state index contributed by atoms with van der Waals surface area (Å²) in [6.07, 6.45) is 0.589. The van der Waals surface area contributed by atoms with Crippen molar-refractivity contribution in [2.24, 2.45) is 0 Å². The number of fused-ring (bicyclic) bond motifs is 1. The minimum atomic E-state index is 0.432. The van der Waals surface area contributed by atoms with Crippen LogP contribution < -0.4 is 0 Å². The van der Waals surface area contributed by atoms with E-state index in [-0.39, 0.29) is 0 Å². The Morgan fingerprint density at radius 2 is 1.94 bits per heavy atom. The van der Waals surface area contributed by atoms with Gasteiger partial charge >= 0.3 is 0 Å². The summed E-state index contributed by atoms with van der Waals surface area (Å²) in [6.45, 7) is 6.24. The molecule has 0 bridgehead atoms. The molecule has 1 unspecified atom stereocenters. The van der Waals surface area contributed by atoms with Gasteiger partial charge in [-0.3, -0.25) is 0 Å². The van der Waals surface area contributed by atoms with E-state index in [1.54, 1.807) is 0 Å². The van der Waals surface area contributed by atoms with Crippen molar-refractivity contribution < 1.29 is 4.74 Å². The highest BCUT2D eigenvalue weighted by molar-refractivity contribution is 7.16. The second-order valence-electron chi connectivity index (χ2n) is 3.64. The first-order chi connectivity index (χ1) is 7.63. The molecule has 2 aromatic rings. The number of nitrogens with zero attached hydrogens (tertiary/aromatic N) is 4. The van der Waals surface area contributed by atoms with Crippen molar-refractivity contribution in [1.82, 2.24) is 19.7 Å². The van der Waals surface area contributed by atoms with Crippen molar-refractivity contribution in [1.29, 1.82) is 0 Å². The SMILES string of the molecule is Cc1nc(C)c2c(n1)c(C)nn2COCP. The van der Waals surface area contributed by atoms with Gasteiger partial charge in [0, 0.05) is 0 Å². The number of hydrogen-bond donors (Lipinski definition) is 0. The largest absolute Gasteiger partial charge is 0.355 e. The Morgan fingerprint density at radius 3 is 2.62 bits per heavy atom. The maximum Gasteiger partial charge on any atom is 0.140 e. The molecule has 1 atom stereocenters. The Hall–Kier alpha value is -1.06. The number of aromatic nitrogens is 4. The van der Waals surface area contributed by atoms with Crippen LogP contribution in [0.3, 0.4) is 0 Å². The third-order valence-corrected chi connectivity index (χ3v) is 2.61. The summed E-state index contributed by atoms with van der Waals surface area (Å²) < 4.78 is 7.14. The molecule has 0 N–H and O–H groups in total. The topological polar surface area (TPSA) is 52.8 Å². The minimum Gasteiger partial charge on any atom is -0.355 e. The van der Waals surface area contributed by atoms with Crippen molar-refractivity contribution in [2.75, 3.05) is 6.35 Å². The first-order valence-corrected chi connectivity index (χ1v) is 5.91. The van der Waals surface area contributed by atoms with E-state index in [9.17, 15) is 0 Å². The Kier molecular flexibility index (Phi) is 3.17. The van der Waals surface area contributed by atoms with E-state index in [1.165, 1.54) is 0 Å². The lowest BCUT2D eigenvalue weighted by atomic mass is 10.3. The molecular weight excluding hydrogens is 223 g/mol. The van der Waals surface area contributed by atoms with E-state index in [0.29, 0.717) is 13.1 Å². The zero-order valence-corrected chi connectivity index (χ0v) is 10.8. The lowest BCUT2D eigenvalue weighted by Crippen LogP contribution is -2.05. The first kappa shape index (κ1) is 11.4. The zero-order chi connectivity index (χ0) is 11.7. The van der Waals surface area contributed by atoms with Crippen molar-refractivity contribution in [3.63, 3.8) is 0 Å². The summed E-state index contributed by atoms with van der Waals surface area (Å²) >= 11 is 0. The molecule has 0 aliphatic rings. The summed E-state index contributed by atoms with van der Waals surface area (Å²) in [5.74, 6) is 0.777. The smallest absolute Gasteiger partial charge is 0.140 e. The lowest BCUT2D eigenvalue weighted by molar-refractivity contribution is 0.110. The van der Waals surface area contributed by atoms with Crippen LogP contribution >= 0.6 is 9.24 Å².